The van der Waals surface area contributed by atoms with E-state index in [1.54, 1.807) is 18.2 Å². The number of nitrogens with zero attached hydrogens (tertiary/aromatic N) is 3. The molecule has 14 heteroatoms. The molecule has 44 heavy (non-hydrogen) atoms. The lowest BCUT2D eigenvalue weighted by molar-refractivity contribution is -0.138. The number of fused-ring (bicyclic) bond motifs is 1. The molecule has 0 fully saturated rings. The Morgan fingerprint density at radius 3 is 2.52 bits per heavy atom. The van der Waals surface area contributed by atoms with Gasteiger partial charge in [0.2, 0.25) is 11.8 Å². The Bertz CT molecular complexity index is 1780. The van der Waals surface area contributed by atoms with Crippen LogP contribution in [0.25, 0.3) is 11.3 Å². The summed E-state index contributed by atoms with van der Waals surface area (Å²) in [6.07, 6.45) is 1.97. The summed E-state index contributed by atoms with van der Waals surface area (Å²) in [6, 6.07) is 12.1. The predicted molar refractivity (Wildman–Crippen MR) is 160 cm³/mol. The number of carboxylic acids is 1. The normalized spacial score (nSPS) is 14.5. The van der Waals surface area contributed by atoms with E-state index in [0.29, 0.717) is 28.5 Å². The highest BCUT2D eigenvalue weighted by Crippen LogP contribution is 2.37. The number of amides is 2. The quantitative estimate of drug-likeness (QED) is 0.205. The number of oxazole rings is 1. The van der Waals surface area contributed by atoms with Crippen molar-refractivity contribution in [1.29, 1.82) is 0 Å². The number of aryl methyl sites for hydroxylation is 2. The molecule has 5 rings (SSSR count). The van der Waals surface area contributed by atoms with Gasteiger partial charge in [-0.3, -0.25) is 23.7 Å². The molecule has 2 atom stereocenters. The third-order valence-corrected chi connectivity index (χ3v) is 7.63. The minimum Gasteiger partial charge on any atom is -0.481 e. The van der Waals surface area contributed by atoms with Crippen LogP contribution in [0.5, 0.6) is 0 Å². The Morgan fingerprint density at radius 2 is 1.84 bits per heavy atom. The van der Waals surface area contributed by atoms with E-state index >= 15 is 0 Å². The highest BCUT2D eigenvalue weighted by Gasteiger charge is 2.34. The molecule has 0 saturated carbocycles. The number of aliphatic carboxylic acids is 1. The van der Waals surface area contributed by atoms with E-state index in [9.17, 15) is 24.0 Å². The molecule has 2 aromatic heterocycles. The van der Waals surface area contributed by atoms with Crippen molar-refractivity contribution in [2.24, 2.45) is 0 Å². The van der Waals surface area contributed by atoms with Crippen molar-refractivity contribution in [2.75, 3.05) is 5.32 Å². The van der Waals surface area contributed by atoms with Gasteiger partial charge >= 0.3 is 5.97 Å². The van der Waals surface area contributed by atoms with E-state index in [4.69, 9.17) is 32.7 Å². The Kier molecular flexibility index (Phi) is 9.21. The smallest absolute Gasteiger partial charge is 0.305 e. The first kappa shape index (κ1) is 30.6. The van der Waals surface area contributed by atoms with Gasteiger partial charge in [-0.05, 0) is 30.5 Å². The first-order chi connectivity index (χ1) is 21.2. The number of hydrogen-bond donors (Lipinski definition) is 3. The molecule has 4 aromatic rings. The monoisotopic (exact) mass is 637 g/mol. The largest absolute Gasteiger partial charge is 0.481 e. The first-order valence-corrected chi connectivity index (χ1v) is 14.3. The number of hydrogen-bond acceptors (Lipinski definition) is 8. The van der Waals surface area contributed by atoms with Crippen molar-refractivity contribution >= 4 is 53.0 Å². The second-order valence-electron chi connectivity index (χ2n) is 9.99. The maximum absolute atomic E-state index is 14.0. The summed E-state index contributed by atoms with van der Waals surface area (Å²) in [5.74, 6) is -2.19. The molecule has 226 valence electrons. The summed E-state index contributed by atoms with van der Waals surface area (Å²) in [7, 11) is 0. The van der Waals surface area contributed by atoms with Crippen molar-refractivity contribution in [1.82, 2.24) is 19.9 Å². The third-order valence-electron chi connectivity index (χ3n) is 7.00. The first-order valence-electron chi connectivity index (χ1n) is 13.5. The second kappa shape index (κ2) is 13.2. The van der Waals surface area contributed by atoms with Gasteiger partial charge < -0.3 is 25.0 Å². The van der Waals surface area contributed by atoms with Crippen LogP contribution in [0.3, 0.4) is 0 Å². The zero-order chi connectivity index (χ0) is 31.4. The topological polar surface area (TPSA) is 173 Å². The summed E-state index contributed by atoms with van der Waals surface area (Å²) in [6.45, 7) is 0. The van der Waals surface area contributed by atoms with E-state index < -0.39 is 53.2 Å². The maximum atomic E-state index is 14.0. The Balaban J connectivity index is 1.50. The van der Waals surface area contributed by atoms with Gasteiger partial charge in [-0.2, -0.15) is 0 Å². The van der Waals surface area contributed by atoms with Gasteiger partial charge in [-0.25, -0.2) is 9.97 Å². The number of nitrogens with one attached hydrogen (secondary N) is 2. The van der Waals surface area contributed by atoms with Crippen molar-refractivity contribution in [2.45, 2.75) is 44.2 Å². The molecule has 2 aromatic carbocycles. The number of benzene rings is 2. The molecule has 3 heterocycles. The van der Waals surface area contributed by atoms with Gasteiger partial charge in [0.05, 0.1) is 34.3 Å². The van der Waals surface area contributed by atoms with E-state index in [-0.39, 0.29) is 36.6 Å². The Morgan fingerprint density at radius 1 is 1.11 bits per heavy atom. The molecule has 12 nitrogen and oxygen atoms in total. The van der Waals surface area contributed by atoms with Crippen molar-refractivity contribution < 1.29 is 28.7 Å². The van der Waals surface area contributed by atoms with Crippen LogP contribution in [-0.4, -0.2) is 49.8 Å². The van der Waals surface area contributed by atoms with Gasteiger partial charge in [0.25, 0.3) is 11.5 Å². The molecule has 0 radical (unpaired) electrons. The molecule has 0 unspecified atom stereocenters. The number of aldehydes is 1. The fraction of sp³-hybridized carbons (Fsp3) is 0.233. The molecule has 1 aliphatic rings. The molecular formula is C30H25Cl2N5O7. The van der Waals surface area contributed by atoms with Gasteiger partial charge in [0, 0.05) is 12.8 Å². The number of halogens is 2. The SMILES string of the molecule is O=C[C@H](CC(=O)O)NC(=O)c1nc2n(c(=O)c1NC(=O)CCc1ccccc1)[C@H](c1ncc(-c3c(Cl)cccc3Cl)o1)CC2. The Labute approximate surface area is 260 Å². The van der Waals surface area contributed by atoms with Crippen molar-refractivity contribution in [3.05, 3.63) is 98.1 Å². The minimum atomic E-state index is -1.38. The van der Waals surface area contributed by atoms with Crippen LogP contribution < -0.4 is 16.2 Å². The summed E-state index contributed by atoms with van der Waals surface area (Å²) < 4.78 is 7.28. The molecular weight excluding hydrogens is 613 g/mol. The summed E-state index contributed by atoms with van der Waals surface area (Å²) in [5, 5.41) is 14.6. The zero-order valence-corrected chi connectivity index (χ0v) is 24.5. The number of carbonyl (C=O) groups excluding carboxylic acids is 3. The van der Waals surface area contributed by atoms with Crippen LogP contribution in [0.4, 0.5) is 5.69 Å². The van der Waals surface area contributed by atoms with Crippen LogP contribution in [0.15, 0.2) is 63.9 Å². The van der Waals surface area contributed by atoms with E-state index in [1.165, 1.54) is 10.8 Å². The fourth-order valence-corrected chi connectivity index (χ4v) is 5.52. The highest BCUT2D eigenvalue weighted by molar-refractivity contribution is 6.39. The summed E-state index contributed by atoms with van der Waals surface area (Å²) >= 11 is 12.6. The number of aromatic nitrogens is 3. The van der Waals surface area contributed by atoms with Crippen LogP contribution in [0, 0.1) is 0 Å². The van der Waals surface area contributed by atoms with Crippen LogP contribution >= 0.6 is 23.2 Å². The lowest BCUT2D eigenvalue weighted by Gasteiger charge is -2.17. The highest BCUT2D eigenvalue weighted by atomic mass is 35.5. The van der Waals surface area contributed by atoms with E-state index in [0.717, 1.165) is 5.56 Å². The van der Waals surface area contributed by atoms with E-state index in [1.807, 2.05) is 30.3 Å². The molecule has 2 amide bonds. The number of rotatable bonds is 11. The van der Waals surface area contributed by atoms with Gasteiger partial charge in [0.15, 0.2) is 11.5 Å². The van der Waals surface area contributed by atoms with Gasteiger partial charge in [-0.15, -0.1) is 0 Å². The Hall–Kier alpha value is -4.81. The third kappa shape index (κ3) is 6.56. The van der Waals surface area contributed by atoms with Crippen molar-refractivity contribution in [3.8, 4) is 11.3 Å². The van der Waals surface area contributed by atoms with Crippen molar-refractivity contribution in [3.63, 3.8) is 0 Å². The lowest BCUT2D eigenvalue weighted by Crippen LogP contribution is -2.40. The van der Waals surface area contributed by atoms with E-state index in [2.05, 4.69) is 20.6 Å². The average molecular weight is 638 g/mol. The zero-order valence-electron chi connectivity index (χ0n) is 23.0. The molecule has 0 saturated heterocycles. The fourth-order valence-electron chi connectivity index (χ4n) is 4.93. The van der Waals surface area contributed by atoms with Gasteiger partial charge in [0.1, 0.15) is 23.8 Å². The van der Waals surface area contributed by atoms with Crippen LogP contribution in [0.1, 0.15) is 53.1 Å². The summed E-state index contributed by atoms with van der Waals surface area (Å²) in [5.41, 5.74) is -0.277. The molecule has 0 spiro atoms. The maximum Gasteiger partial charge on any atom is 0.305 e. The van der Waals surface area contributed by atoms with Crippen LogP contribution in [-0.2, 0) is 27.2 Å². The molecule has 0 bridgehead atoms. The minimum absolute atomic E-state index is 0.00658. The number of anilines is 1. The lowest BCUT2D eigenvalue weighted by atomic mass is 10.1. The number of carboxylic acid groups (broad SMARTS) is 1. The molecule has 3 N–H and O–H groups in total. The summed E-state index contributed by atoms with van der Waals surface area (Å²) in [4.78, 5) is 71.5. The predicted octanol–water partition coefficient (Wildman–Crippen LogP) is 4.08. The molecule has 1 aliphatic heterocycles. The van der Waals surface area contributed by atoms with Gasteiger partial charge in [-0.1, -0.05) is 59.6 Å². The second-order valence-corrected chi connectivity index (χ2v) is 10.8. The molecule has 0 aliphatic carbocycles. The van der Waals surface area contributed by atoms with Crippen LogP contribution in [0.2, 0.25) is 10.0 Å². The standard InChI is InChI=1S/C30H25Cl2N5O7/c31-18-7-4-8-19(32)25(18)21-14-33-29(44-21)20-10-11-22-35-26(28(42)34-17(15-38)13-24(40)41)27(30(43)37(20)22)36-23(39)12-9-16-5-2-1-3-6-16/h1-8,14-15,17,20H,9-13H2,(H,34,42)(H,36,39)(H,40,41)/t17-,20-/m0/s1. The number of carbonyl (C=O) groups is 4. The average Bonchev–Trinajstić information content (AvgIpc) is 3.65.